The number of carbonyl (C=O) groups is 1. The average Bonchev–Trinajstić information content (AvgIpc) is 3.26. The predicted molar refractivity (Wildman–Crippen MR) is 170 cm³/mol. The number of aliphatic imine (C=N–C) groups is 1. The number of methoxy groups -OCH3 is 1. The van der Waals surface area contributed by atoms with Gasteiger partial charge < -0.3 is 9.47 Å². The Labute approximate surface area is 255 Å². The van der Waals surface area contributed by atoms with E-state index in [2.05, 4.69) is 44.0 Å². The van der Waals surface area contributed by atoms with E-state index in [0.717, 1.165) is 32.2 Å². The lowest BCUT2D eigenvalue weighted by molar-refractivity contribution is -0.122. The van der Waals surface area contributed by atoms with Crippen molar-refractivity contribution >= 4 is 66.5 Å². The first-order valence-electron chi connectivity index (χ1n) is 12.6. The smallest absolute Gasteiger partial charge is 0.266 e. The Balaban J connectivity index is 1.40. The molecule has 0 spiro atoms. The minimum Gasteiger partial charge on any atom is -0.493 e. The van der Waals surface area contributed by atoms with Crippen LogP contribution in [0.4, 0.5) is 5.69 Å². The van der Waals surface area contributed by atoms with Crippen molar-refractivity contribution in [1.29, 1.82) is 0 Å². The second-order valence-electron chi connectivity index (χ2n) is 8.98. The van der Waals surface area contributed by atoms with E-state index in [4.69, 9.17) is 14.5 Å². The van der Waals surface area contributed by atoms with Crippen molar-refractivity contribution in [3.05, 3.63) is 128 Å². The molecule has 0 bridgehead atoms. The lowest BCUT2D eigenvalue weighted by atomic mass is 10.1. The minimum absolute atomic E-state index is 0.0683. The van der Waals surface area contributed by atoms with Gasteiger partial charge in [-0.1, -0.05) is 76.6 Å². The third-order valence-electron chi connectivity index (χ3n) is 6.18. The molecule has 4 aromatic rings. The fraction of sp³-hybridized carbons (Fsp3) is 0.125. The van der Waals surface area contributed by atoms with Crippen LogP contribution in [0, 0.1) is 0 Å². The molecule has 1 fully saturated rings. The highest BCUT2D eigenvalue weighted by Crippen LogP contribution is 2.40. The van der Waals surface area contributed by atoms with E-state index in [1.807, 2.05) is 91.0 Å². The molecular weight excluding hydrogens is 652 g/mol. The van der Waals surface area contributed by atoms with Gasteiger partial charge in [-0.3, -0.25) is 9.69 Å². The van der Waals surface area contributed by atoms with Crippen molar-refractivity contribution in [1.82, 2.24) is 4.90 Å². The van der Waals surface area contributed by atoms with Crippen molar-refractivity contribution < 1.29 is 14.3 Å². The number of amidine groups is 1. The fourth-order valence-corrected chi connectivity index (χ4v) is 6.00. The van der Waals surface area contributed by atoms with Crippen LogP contribution in [0.15, 0.2) is 116 Å². The fourth-order valence-electron chi connectivity index (χ4n) is 4.14. The van der Waals surface area contributed by atoms with Crippen molar-refractivity contribution in [2.75, 3.05) is 13.7 Å². The Morgan fingerprint density at radius 3 is 2.30 bits per heavy atom. The zero-order valence-electron chi connectivity index (χ0n) is 21.7. The number of hydrogen-bond donors (Lipinski definition) is 0. The number of halogens is 2. The lowest BCUT2D eigenvalue weighted by Gasteiger charge is -2.15. The first-order chi connectivity index (χ1) is 19.5. The topological polar surface area (TPSA) is 51.1 Å². The molecule has 1 heterocycles. The van der Waals surface area contributed by atoms with E-state index < -0.39 is 0 Å². The number of thioether (sulfide) groups is 1. The van der Waals surface area contributed by atoms with Gasteiger partial charge in [0, 0.05) is 11.0 Å². The van der Waals surface area contributed by atoms with Crippen LogP contribution in [0.5, 0.6) is 11.5 Å². The quantitative estimate of drug-likeness (QED) is 0.166. The van der Waals surface area contributed by atoms with E-state index in [-0.39, 0.29) is 5.91 Å². The van der Waals surface area contributed by atoms with E-state index in [9.17, 15) is 4.79 Å². The van der Waals surface area contributed by atoms with Gasteiger partial charge in [0.25, 0.3) is 5.91 Å². The summed E-state index contributed by atoms with van der Waals surface area (Å²) >= 11 is 8.48. The molecule has 5 nitrogen and oxygen atoms in total. The van der Waals surface area contributed by atoms with Crippen LogP contribution in [0.25, 0.3) is 6.08 Å². The predicted octanol–water partition coefficient (Wildman–Crippen LogP) is 8.65. The molecule has 4 aromatic carbocycles. The van der Waals surface area contributed by atoms with Gasteiger partial charge in [-0.15, -0.1) is 0 Å². The van der Waals surface area contributed by atoms with Crippen LogP contribution in [0.2, 0.25) is 0 Å². The molecule has 0 aromatic heterocycles. The second-order valence-corrected chi connectivity index (χ2v) is 11.8. The molecule has 202 valence electrons. The van der Waals surface area contributed by atoms with Gasteiger partial charge in [-0.2, -0.15) is 0 Å². The maximum absolute atomic E-state index is 13.6. The van der Waals surface area contributed by atoms with Crippen LogP contribution >= 0.6 is 43.6 Å². The SMILES string of the molecule is COc1cc(/C=C2/SC(=Nc3ccccc3)N(CCc3ccccc3)C2=O)cc(Br)c1OCc1ccc(Br)cc1. The first kappa shape index (κ1) is 28.2. The number of para-hydroxylation sites is 1. The van der Waals surface area contributed by atoms with Gasteiger partial charge in [-0.25, -0.2) is 4.99 Å². The Bertz CT molecular complexity index is 1540. The molecule has 40 heavy (non-hydrogen) atoms. The molecule has 0 unspecified atom stereocenters. The molecule has 0 saturated carbocycles. The average molecular weight is 678 g/mol. The number of benzene rings is 4. The Morgan fingerprint density at radius 1 is 0.900 bits per heavy atom. The van der Waals surface area contributed by atoms with E-state index in [1.165, 1.54) is 17.3 Å². The summed E-state index contributed by atoms with van der Waals surface area (Å²) in [6.07, 6.45) is 2.61. The van der Waals surface area contributed by atoms with Gasteiger partial charge in [0.2, 0.25) is 0 Å². The van der Waals surface area contributed by atoms with E-state index >= 15 is 0 Å². The number of amides is 1. The highest BCUT2D eigenvalue weighted by molar-refractivity contribution is 9.10. The van der Waals surface area contributed by atoms with Crippen molar-refractivity contribution in [3.8, 4) is 11.5 Å². The van der Waals surface area contributed by atoms with Crippen LogP contribution in [-0.4, -0.2) is 29.6 Å². The molecule has 1 amide bonds. The van der Waals surface area contributed by atoms with Crippen LogP contribution < -0.4 is 9.47 Å². The molecule has 1 aliphatic heterocycles. The second kappa shape index (κ2) is 13.4. The molecule has 0 radical (unpaired) electrons. The van der Waals surface area contributed by atoms with Crippen molar-refractivity contribution in [2.45, 2.75) is 13.0 Å². The van der Waals surface area contributed by atoms with Crippen molar-refractivity contribution in [2.24, 2.45) is 4.99 Å². The van der Waals surface area contributed by atoms with Gasteiger partial charge in [0.1, 0.15) is 6.61 Å². The van der Waals surface area contributed by atoms with Crippen LogP contribution in [-0.2, 0) is 17.8 Å². The highest BCUT2D eigenvalue weighted by Gasteiger charge is 2.33. The van der Waals surface area contributed by atoms with E-state index in [0.29, 0.717) is 34.7 Å². The van der Waals surface area contributed by atoms with Crippen LogP contribution in [0.3, 0.4) is 0 Å². The number of hydrogen-bond acceptors (Lipinski definition) is 5. The molecular formula is C32H26Br2N2O3S. The number of nitrogens with zero attached hydrogens (tertiary/aromatic N) is 2. The molecule has 0 aliphatic carbocycles. The number of ether oxygens (including phenoxy) is 2. The summed E-state index contributed by atoms with van der Waals surface area (Å²) < 4.78 is 13.5. The normalized spacial score (nSPS) is 15.2. The lowest BCUT2D eigenvalue weighted by Crippen LogP contribution is -2.31. The Kier molecular flexibility index (Phi) is 9.41. The van der Waals surface area contributed by atoms with Gasteiger partial charge in [0.05, 0.1) is 22.2 Å². The summed E-state index contributed by atoms with van der Waals surface area (Å²) in [7, 11) is 1.61. The van der Waals surface area contributed by atoms with Gasteiger partial charge in [0.15, 0.2) is 16.7 Å². The molecule has 1 aliphatic rings. The first-order valence-corrected chi connectivity index (χ1v) is 15.0. The van der Waals surface area contributed by atoms with Crippen LogP contribution in [0.1, 0.15) is 16.7 Å². The number of carbonyl (C=O) groups excluding carboxylic acids is 1. The summed E-state index contributed by atoms with van der Waals surface area (Å²) in [6.45, 7) is 0.932. The summed E-state index contributed by atoms with van der Waals surface area (Å²) in [6, 6.07) is 31.6. The Morgan fingerprint density at radius 2 is 1.60 bits per heavy atom. The maximum atomic E-state index is 13.6. The van der Waals surface area contributed by atoms with Gasteiger partial charge >= 0.3 is 0 Å². The summed E-state index contributed by atoms with van der Waals surface area (Å²) in [4.78, 5) is 20.8. The highest BCUT2D eigenvalue weighted by atomic mass is 79.9. The molecule has 8 heteroatoms. The molecule has 0 atom stereocenters. The maximum Gasteiger partial charge on any atom is 0.266 e. The van der Waals surface area contributed by atoms with Crippen molar-refractivity contribution in [3.63, 3.8) is 0 Å². The minimum atomic E-state index is -0.0683. The largest absolute Gasteiger partial charge is 0.493 e. The zero-order chi connectivity index (χ0) is 27.9. The molecule has 0 N–H and O–H groups in total. The Hall–Kier alpha value is -3.33. The standard InChI is InChI=1S/C32H26Br2N2O3S/c1-38-28-19-24(18-27(34)30(28)39-21-23-12-14-25(33)15-13-23)20-29-31(37)36(17-16-22-8-4-2-5-9-22)32(40-29)35-26-10-6-3-7-11-26/h2-15,18-20H,16-17,21H2,1H3/b29-20+,35-32?. The summed E-state index contributed by atoms with van der Waals surface area (Å²) in [5.41, 5.74) is 3.83. The van der Waals surface area contributed by atoms with E-state index in [1.54, 1.807) is 12.0 Å². The number of rotatable bonds is 9. The summed E-state index contributed by atoms with van der Waals surface area (Å²) in [5.74, 6) is 1.11. The zero-order valence-corrected chi connectivity index (χ0v) is 25.7. The summed E-state index contributed by atoms with van der Waals surface area (Å²) in [5, 5.41) is 0.666. The molecule has 5 rings (SSSR count). The monoisotopic (exact) mass is 676 g/mol. The van der Waals surface area contributed by atoms with Gasteiger partial charge in [-0.05, 0) is 93.3 Å². The third kappa shape index (κ3) is 7.05. The third-order valence-corrected chi connectivity index (χ3v) is 8.31. The molecule has 1 saturated heterocycles.